The van der Waals surface area contributed by atoms with E-state index in [-0.39, 0.29) is 17.4 Å². The summed E-state index contributed by atoms with van der Waals surface area (Å²) in [5, 5.41) is 17.2. The van der Waals surface area contributed by atoms with E-state index in [0.717, 1.165) is 11.1 Å². The molecule has 2 aromatic carbocycles. The second-order valence-electron chi connectivity index (χ2n) is 7.08. The standard InChI is InChI=1S/C22H27N3O4/c1-15(2)19(25-22(29)24-14-17-6-4-3-5-7-17)20(26)23-13-12-16-8-10-18(11-9-16)21(27)28/h3-11,15,19H,12-14H2,1-2H3,(H,23,26)(H,27,28)(H2,24,25,29). The Morgan fingerprint density at radius 1 is 0.897 bits per heavy atom. The van der Waals surface area contributed by atoms with Gasteiger partial charge in [0.25, 0.3) is 0 Å². The fourth-order valence-corrected chi connectivity index (χ4v) is 2.76. The van der Waals surface area contributed by atoms with Gasteiger partial charge in [0.2, 0.25) is 5.91 Å². The van der Waals surface area contributed by atoms with Crippen molar-refractivity contribution in [2.75, 3.05) is 6.54 Å². The Morgan fingerprint density at radius 2 is 1.55 bits per heavy atom. The minimum absolute atomic E-state index is 0.0766. The lowest BCUT2D eigenvalue weighted by Crippen LogP contribution is -2.52. The molecular formula is C22H27N3O4. The number of nitrogens with one attached hydrogen (secondary N) is 3. The van der Waals surface area contributed by atoms with Gasteiger partial charge >= 0.3 is 12.0 Å². The van der Waals surface area contributed by atoms with E-state index >= 15 is 0 Å². The van der Waals surface area contributed by atoms with Gasteiger partial charge in [0, 0.05) is 13.1 Å². The van der Waals surface area contributed by atoms with E-state index < -0.39 is 18.0 Å². The smallest absolute Gasteiger partial charge is 0.335 e. The third-order valence-electron chi connectivity index (χ3n) is 4.45. The van der Waals surface area contributed by atoms with Crippen molar-refractivity contribution in [2.24, 2.45) is 5.92 Å². The first-order valence-corrected chi connectivity index (χ1v) is 9.55. The molecule has 29 heavy (non-hydrogen) atoms. The maximum absolute atomic E-state index is 12.5. The summed E-state index contributed by atoms with van der Waals surface area (Å²) in [5.41, 5.74) is 2.12. The molecule has 0 aliphatic rings. The third-order valence-corrected chi connectivity index (χ3v) is 4.45. The van der Waals surface area contributed by atoms with E-state index in [1.54, 1.807) is 12.1 Å². The number of hydrogen-bond acceptors (Lipinski definition) is 3. The van der Waals surface area contributed by atoms with Crippen LogP contribution in [0.3, 0.4) is 0 Å². The first-order valence-electron chi connectivity index (χ1n) is 9.55. The number of carbonyl (C=O) groups excluding carboxylic acids is 2. The van der Waals surface area contributed by atoms with Gasteiger partial charge in [-0.05, 0) is 35.6 Å². The van der Waals surface area contributed by atoms with Crippen LogP contribution in [-0.4, -0.2) is 35.6 Å². The number of benzene rings is 2. The lowest BCUT2D eigenvalue weighted by molar-refractivity contribution is -0.123. The number of carbonyl (C=O) groups is 3. The SMILES string of the molecule is CC(C)C(NC(=O)NCc1ccccc1)C(=O)NCCc1ccc(C(=O)O)cc1. The van der Waals surface area contributed by atoms with Crippen molar-refractivity contribution in [2.45, 2.75) is 32.9 Å². The Labute approximate surface area is 170 Å². The molecule has 0 bridgehead atoms. The topological polar surface area (TPSA) is 108 Å². The van der Waals surface area contributed by atoms with Crippen LogP contribution in [0.1, 0.15) is 35.3 Å². The fraction of sp³-hybridized carbons (Fsp3) is 0.318. The number of amides is 3. The number of carboxylic acid groups (broad SMARTS) is 1. The van der Waals surface area contributed by atoms with Crippen LogP contribution in [0.5, 0.6) is 0 Å². The molecule has 2 rings (SSSR count). The first kappa shape index (κ1) is 21.9. The van der Waals surface area contributed by atoms with Crippen molar-refractivity contribution >= 4 is 17.9 Å². The predicted octanol–water partition coefficient (Wildman–Crippen LogP) is 2.57. The fourth-order valence-electron chi connectivity index (χ4n) is 2.76. The van der Waals surface area contributed by atoms with E-state index in [9.17, 15) is 14.4 Å². The van der Waals surface area contributed by atoms with Crippen molar-refractivity contribution in [3.8, 4) is 0 Å². The highest BCUT2D eigenvalue weighted by atomic mass is 16.4. The molecule has 1 atom stereocenters. The molecule has 0 aromatic heterocycles. The lowest BCUT2D eigenvalue weighted by Gasteiger charge is -2.22. The van der Waals surface area contributed by atoms with Crippen LogP contribution in [0.2, 0.25) is 0 Å². The lowest BCUT2D eigenvalue weighted by atomic mass is 10.0. The van der Waals surface area contributed by atoms with Crippen LogP contribution >= 0.6 is 0 Å². The Hall–Kier alpha value is -3.35. The van der Waals surface area contributed by atoms with Gasteiger partial charge in [-0.3, -0.25) is 4.79 Å². The van der Waals surface area contributed by atoms with Crippen LogP contribution in [-0.2, 0) is 17.8 Å². The van der Waals surface area contributed by atoms with Crippen molar-refractivity contribution in [3.63, 3.8) is 0 Å². The van der Waals surface area contributed by atoms with E-state index in [0.29, 0.717) is 19.5 Å². The molecule has 0 heterocycles. The Morgan fingerprint density at radius 3 is 2.14 bits per heavy atom. The highest BCUT2D eigenvalue weighted by Crippen LogP contribution is 2.06. The van der Waals surface area contributed by atoms with E-state index in [1.165, 1.54) is 12.1 Å². The van der Waals surface area contributed by atoms with Gasteiger partial charge in [0.1, 0.15) is 6.04 Å². The molecule has 0 aliphatic heterocycles. The summed E-state index contributed by atoms with van der Waals surface area (Å²) in [6.07, 6.45) is 0.566. The summed E-state index contributed by atoms with van der Waals surface area (Å²) in [7, 11) is 0. The number of urea groups is 1. The molecule has 0 fully saturated rings. The average molecular weight is 397 g/mol. The zero-order valence-electron chi connectivity index (χ0n) is 16.6. The predicted molar refractivity (Wildman–Crippen MR) is 111 cm³/mol. The molecule has 0 saturated carbocycles. The summed E-state index contributed by atoms with van der Waals surface area (Å²) < 4.78 is 0. The molecule has 0 aliphatic carbocycles. The molecule has 3 amide bonds. The molecule has 154 valence electrons. The zero-order valence-corrected chi connectivity index (χ0v) is 16.6. The molecular weight excluding hydrogens is 370 g/mol. The third kappa shape index (κ3) is 7.29. The molecule has 0 radical (unpaired) electrons. The zero-order chi connectivity index (χ0) is 21.2. The Kier molecular flexibility index (Phi) is 8.21. The molecule has 7 nitrogen and oxygen atoms in total. The summed E-state index contributed by atoms with van der Waals surface area (Å²) in [5.74, 6) is -1.30. The molecule has 7 heteroatoms. The number of aromatic carboxylic acids is 1. The van der Waals surface area contributed by atoms with Crippen molar-refractivity contribution in [3.05, 3.63) is 71.3 Å². The van der Waals surface area contributed by atoms with Gasteiger partial charge in [-0.15, -0.1) is 0 Å². The first-order chi connectivity index (χ1) is 13.9. The van der Waals surface area contributed by atoms with Crippen LogP contribution in [0, 0.1) is 5.92 Å². The summed E-state index contributed by atoms with van der Waals surface area (Å²) in [6, 6.07) is 15.0. The van der Waals surface area contributed by atoms with Gasteiger partial charge < -0.3 is 21.1 Å². The van der Waals surface area contributed by atoms with Gasteiger partial charge in [-0.1, -0.05) is 56.3 Å². The minimum Gasteiger partial charge on any atom is -0.478 e. The Balaban J connectivity index is 1.80. The van der Waals surface area contributed by atoms with Crippen molar-refractivity contribution < 1.29 is 19.5 Å². The van der Waals surface area contributed by atoms with Crippen LogP contribution < -0.4 is 16.0 Å². The largest absolute Gasteiger partial charge is 0.478 e. The van der Waals surface area contributed by atoms with E-state index in [1.807, 2.05) is 44.2 Å². The average Bonchev–Trinajstić information content (AvgIpc) is 2.71. The van der Waals surface area contributed by atoms with Crippen molar-refractivity contribution in [1.29, 1.82) is 0 Å². The second-order valence-corrected chi connectivity index (χ2v) is 7.08. The maximum atomic E-state index is 12.5. The summed E-state index contributed by atoms with van der Waals surface area (Å²) in [6.45, 7) is 4.51. The molecule has 0 saturated heterocycles. The van der Waals surface area contributed by atoms with Crippen LogP contribution in [0.15, 0.2) is 54.6 Å². The van der Waals surface area contributed by atoms with Crippen LogP contribution in [0.4, 0.5) is 4.79 Å². The quantitative estimate of drug-likeness (QED) is 0.522. The van der Waals surface area contributed by atoms with E-state index in [2.05, 4.69) is 16.0 Å². The van der Waals surface area contributed by atoms with E-state index in [4.69, 9.17) is 5.11 Å². The summed E-state index contributed by atoms with van der Waals surface area (Å²) >= 11 is 0. The monoisotopic (exact) mass is 397 g/mol. The van der Waals surface area contributed by atoms with Crippen molar-refractivity contribution in [1.82, 2.24) is 16.0 Å². The van der Waals surface area contributed by atoms with Gasteiger partial charge in [0.05, 0.1) is 5.56 Å². The normalized spacial score (nSPS) is 11.6. The molecule has 0 spiro atoms. The second kappa shape index (κ2) is 10.8. The highest BCUT2D eigenvalue weighted by Gasteiger charge is 2.23. The van der Waals surface area contributed by atoms with Gasteiger partial charge in [0.15, 0.2) is 0 Å². The van der Waals surface area contributed by atoms with Crippen LogP contribution in [0.25, 0.3) is 0 Å². The highest BCUT2D eigenvalue weighted by molar-refractivity contribution is 5.88. The summed E-state index contributed by atoms with van der Waals surface area (Å²) in [4.78, 5) is 35.5. The number of carboxylic acids is 1. The number of hydrogen-bond donors (Lipinski definition) is 4. The maximum Gasteiger partial charge on any atom is 0.335 e. The number of rotatable bonds is 9. The Bertz CT molecular complexity index is 820. The molecule has 2 aromatic rings. The minimum atomic E-state index is -0.971. The molecule has 1 unspecified atom stereocenters. The van der Waals surface area contributed by atoms with Gasteiger partial charge in [-0.25, -0.2) is 9.59 Å². The van der Waals surface area contributed by atoms with Gasteiger partial charge in [-0.2, -0.15) is 0 Å². The molecule has 4 N–H and O–H groups in total.